The van der Waals surface area contributed by atoms with E-state index in [0.717, 1.165) is 5.56 Å². The maximum absolute atomic E-state index is 12.2. The minimum absolute atomic E-state index is 0.0188. The summed E-state index contributed by atoms with van der Waals surface area (Å²) < 4.78 is 0. The third-order valence-corrected chi connectivity index (χ3v) is 4.44. The van der Waals surface area contributed by atoms with Crippen LogP contribution in [0.25, 0.3) is 0 Å². The number of amides is 2. The summed E-state index contributed by atoms with van der Waals surface area (Å²) in [7, 11) is 0. The van der Waals surface area contributed by atoms with Crippen LogP contribution in [0.1, 0.15) is 22.2 Å². The first kappa shape index (κ1) is 16.5. The maximum atomic E-state index is 12.2. The molecule has 0 fully saturated rings. The van der Waals surface area contributed by atoms with E-state index in [0.29, 0.717) is 23.0 Å². The number of hydrogen-bond acceptors (Lipinski definition) is 3. The Kier molecular flexibility index (Phi) is 5.98. The van der Waals surface area contributed by atoms with Gasteiger partial charge in [-0.25, -0.2) is 0 Å². The Balaban J connectivity index is 1.92. The molecule has 1 aromatic carbocycles. The summed E-state index contributed by atoms with van der Waals surface area (Å²) in [5, 5.41) is 5.11. The van der Waals surface area contributed by atoms with Crippen molar-refractivity contribution in [2.24, 2.45) is 0 Å². The molecule has 2 aromatic rings. The minimum Gasteiger partial charge on any atom is -0.342 e. The highest BCUT2D eigenvalue weighted by Crippen LogP contribution is 2.17. The number of benzene rings is 1. The Labute approximate surface area is 138 Å². The van der Waals surface area contributed by atoms with Crippen molar-refractivity contribution < 1.29 is 9.59 Å². The van der Waals surface area contributed by atoms with Crippen LogP contribution in [0.4, 0.5) is 0 Å². The summed E-state index contributed by atoms with van der Waals surface area (Å²) in [5.74, 6) is -0.357. The molecule has 2 amide bonds. The average Bonchev–Trinajstić information content (AvgIpc) is 3.06. The molecule has 2 rings (SSSR count). The third-order valence-electron chi connectivity index (χ3n) is 3.20. The van der Waals surface area contributed by atoms with Gasteiger partial charge in [-0.15, -0.1) is 11.3 Å². The first-order valence-corrected chi connectivity index (χ1v) is 8.20. The fraction of sp³-hybridized carbons (Fsp3) is 0.250. The fourth-order valence-electron chi connectivity index (χ4n) is 1.97. The summed E-state index contributed by atoms with van der Waals surface area (Å²) in [6, 6.07) is 11.0. The molecule has 6 heteroatoms. The van der Waals surface area contributed by atoms with Crippen LogP contribution >= 0.6 is 22.9 Å². The summed E-state index contributed by atoms with van der Waals surface area (Å²) in [6.07, 6.45) is 0. The normalized spacial score (nSPS) is 10.3. The third kappa shape index (κ3) is 4.32. The number of thiophene rings is 1. The fourth-order valence-corrected chi connectivity index (χ4v) is 2.81. The van der Waals surface area contributed by atoms with Gasteiger partial charge in [0.05, 0.1) is 11.4 Å². The lowest BCUT2D eigenvalue weighted by atomic mass is 10.2. The zero-order valence-electron chi connectivity index (χ0n) is 12.2. The van der Waals surface area contributed by atoms with Crippen molar-refractivity contribution in [3.8, 4) is 0 Å². The number of likely N-dealkylation sites (N-methyl/N-ethyl adjacent to an activating group) is 1. The Bertz CT molecular complexity index is 643. The van der Waals surface area contributed by atoms with Crippen LogP contribution in [0.2, 0.25) is 5.02 Å². The molecule has 1 heterocycles. The van der Waals surface area contributed by atoms with Gasteiger partial charge in [0.1, 0.15) is 0 Å². The second-order valence-corrected chi connectivity index (χ2v) is 6.01. The quantitative estimate of drug-likeness (QED) is 0.880. The van der Waals surface area contributed by atoms with Gasteiger partial charge in [-0.05, 0) is 30.0 Å². The number of halogens is 1. The van der Waals surface area contributed by atoms with Crippen molar-refractivity contribution in [3.05, 3.63) is 57.2 Å². The molecular weight excluding hydrogens is 320 g/mol. The van der Waals surface area contributed by atoms with Crippen molar-refractivity contribution in [2.45, 2.75) is 13.5 Å². The highest BCUT2D eigenvalue weighted by Gasteiger charge is 2.15. The van der Waals surface area contributed by atoms with Gasteiger partial charge >= 0.3 is 0 Å². The van der Waals surface area contributed by atoms with Gasteiger partial charge in [0, 0.05) is 18.1 Å². The van der Waals surface area contributed by atoms with Crippen molar-refractivity contribution in [1.82, 2.24) is 10.2 Å². The Hall–Kier alpha value is -1.85. The second kappa shape index (κ2) is 7.96. The van der Waals surface area contributed by atoms with Crippen molar-refractivity contribution >= 4 is 34.8 Å². The van der Waals surface area contributed by atoms with Crippen molar-refractivity contribution in [2.75, 3.05) is 13.1 Å². The molecule has 0 atom stereocenters. The van der Waals surface area contributed by atoms with Crippen LogP contribution in [0.15, 0.2) is 41.8 Å². The largest absolute Gasteiger partial charge is 0.342 e. The smallest absolute Gasteiger partial charge is 0.261 e. The van der Waals surface area contributed by atoms with Gasteiger partial charge in [0.25, 0.3) is 5.91 Å². The molecule has 0 aliphatic rings. The standard InChI is InChI=1S/C16H17ClN2O2S/c1-2-19(11-12-6-3-4-7-13(12)17)15(20)10-18-16(21)14-8-5-9-22-14/h3-9H,2,10-11H2,1H3,(H,18,21). The lowest BCUT2D eigenvalue weighted by Crippen LogP contribution is -2.39. The molecule has 0 saturated carbocycles. The molecule has 0 saturated heterocycles. The highest BCUT2D eigenvalue weighted by atomic mass is 35.5. The minimum atomic E-state index is -0.225. The molecule has 116 valence electrons. The maximum Gasteiger partial charge on any atom is 0.261 e. The molecule has 0 radical (unpaired) electrons. The predicted molar refractivity (Wildman–Crippen MR) is 89.2 cm³/mol. The predicted octanol–water partition coefficient (Wildman–Crippen LogP) is 3.18. The number of nitrogens with one attached hydrogen (secondary N) is 1. The first-order valence-electron chi connectivity index (χ1n) is 6.94. The van der Waals surface area contributed by atoms with E-state index in [4.69, 9.17) is 11.6 Å². The van der Waals surface area contributed by atoms with Crippen LogP contribution in [0, 0.1) is 0 Å². The molecule has 1 aromatic heterocycles. The van der Waals surface area contributed by atoms with E-state index in [2.05, 4.69) is 5.32 Å². The number of nitrogens with zero attached hydrogens (tertiary/aromatic N) is 1. The van der Waals surface area contributed by atoms with Gasteiger partial charge in [0.2, 0.25) is 5.91 Å². The summed E-state index contributed by atoms with van der Waals surface area (Å²) in [5.41, 5.74) is 0.893. The molecule has 4 nitrogen and oxygen atoms in total. The number of carbonyl (C=O) groups excluding carboxylic acids is 2. The van der Waals surface area contributed by atoms with Crippen LogP contribution in [0.3, 0.4) is 0 Å². The molecule has 0 unspecified atom stereocenters. The topological polar surface area (TPSA) is 49.4 Å². The summed E-state index contributed by atoms with van der Waals surface area (Å²) in [4.78, 5) is 26.3. The summed E-state index contributed by atoms with van der Waals surface area (Å²) in [6.45, 7) is 2.87. The van der Waals surface area contributed by atoms with Crippen LogP contribution in [-0.2, 0) is 11.3 Å². The van der Waals surface area contributed by atoms with E-state index in [9.17, 15) is 9.59 Å². The van der Waals surface area contributed by atoms with E-state index in [1.165, 1.54) is 11.3 Å². The summed E-state index contributed by atoms with van der Waals surface area (Å²) >= 11 is 7.47. The Morgan fingerprint density at radius 3 is 2.64 bits per heavy atom. The lowest BCUT2D eigenvalue weighted by Gasteiger charge is -2.21. The van der Waals surface area contributed by atoms with Crippen LogP contribution in [0.5, 0.6) is 0 Å². The van der Waals surface area contributed by atoms with Gasteiger partial charge in [-0.1, -0.05) is 35.9 Å². The molecule has 0 aliphatic carbocycles. The van der Waals surface area contributed by atoms with E-state index in [1.54, 1.807) is 23.1 Å². The van der Waals surface area contributed by atoms with E-state index < -0.39 is 0 Å². The highest BCUT2D eigenvalue weighted by molar-refractivity contribution is 7.12. The van der Waals surface area contributed by atoms with Gasteiger partial charge in [-0.3, -0.25) is 9.59 Å². The molecule has 1 N–H and O–H groups in total. The van der Waals surface area contributed by atoms with Crippen molar-refractivity contribution in [1.29, 1.82) is 0 Å². The number of hydrogen-bond donors (Lipinski definition) is 1. The first-order chi connectivity index (χ1) is 10.6. The van der Waals surface area contributed by atoms with Gasteiger partial charge < -0.3 is 10.2 Å². The Morgan fingerprint density at radius 2 is 2.00 bits per heavy atom. The second-order valence-electron chi connectivity index (χ2n) is 4.66. The van der Waals surface area contributed by atoms with Gasteiger partial charge in [-0.2, -0.15) is 0 Å². The molecule has 0 bridgehead atoms. The van der Waals surface area contributed by atoms with Crippen LogP contribution < -0.4 is 5.32 Å². The monoisotopic (exact) mass is 336 g/mol. The van der Waals surface area contributed by atoms with Crippen molar-refractivity contribution in [3.63, 3.8) is 0 Å². The average molecular weight is 337 g/mol. The van der Waals surface area contributed by atoms with Gasteiger partial charge in [0.15, 0.2) is 0 Å². The zero-order chi connectivity index (χ0) is 15.9. The number of rotatable bonds is 6. The Morgan fingerprint density at radius 1 is 1.23 bits per heavy atom. The molecule has 22 heavy (non-hydrogen) atoms. The molecule has 0 spiro atoms. The lowest BCUT2D eigenvalue weighted by molar-refractivity contribution is -0.130. The molecular formula is C16H17ClN2O2S. The molecule has 0 aliphatic heterocycles. The number of carbonyl (C=O) groups is 2. The van der Waals surface area contributed by atoms with E-state index in [1.807, 2.05) is 30.5 Å². The zero-order valence-corrected chi connectivity index (χ0v) is 13.8. The van der Waals surface area contributed by atoms with E-state index in [-0.39, 0.29) is 18.4 Å². The van der Waals surface area contributed by atoms with Crippen LogP contribution in [-0.4, -0.2) is 29.8 Å². The SMILES string of the molecule is CCN(Cc1ccccc1Cl)C(=O)CNC(=O)c1cccs1. The van der Waals surface area contributed by atoms with E-state index >= 15 is 0 Å².